The second kappa shape index (κ2) is 10.5. The molecule has 32 heavy (non-hydrogen) atoms. The number of carbonyl (C=O) groups is 2. The van der Waals surface area contributed by atoms with Gasteiger partial charge in [-0.1, -0.05) is 47.2 Å². The molecule has 3 rings (SSSR count). The molecule has 0 spiro atoms. The zero-order chi connectivity index (χ0) is 23.4. The third-order valence-electron chi connectivity index (χ3n) is 4.14. The van der Waals surface area contributed by atoms with Crippen LogP contribution in [0.5, 0.6) is 11.5 Å². The van der Waals surface area contributed by atoms with Gasteiger partial charge >= 0.3 is 5.97 Å². The van der Waals surface area contributed by atoms with E-state index < -0.39 is 11.8 Å². The van der Waals surface area contributed by atoms with Gasteiger partial charge in [-0.25, -0.2) is 9.18 Å². The third-order valence-corrected chi connectivity index (χ3v) is 6.02. The molecule has 0 N–H and O–H groups in total. The average molecular weight is 516 g/mol. The predicted molar refractivity (Wildman–Crippen MR) is 127 cm³/mol. The molecule has 1 aliphatic rings. The number of thioether (sulfide) groups is 1. The Kier molecular flexibility index (Phi) is 8.00. The summed E-state index contributed by atoms with van der Waals surface area (Å²) in [6.07, 6.45) is 1.59. The maximum atomic E-state index is 13.5. The fourth-order valence-corrected chi connectivity index (χ4v) is 4.51. The summed E-state index contributed by atoms with van der Waals surface area (Å²) in [6.45, 7) is 1.59. The van der Waals surface area contributed by atoms with Crippen molar-refractivity contribution in [3.8, 4) is 11.5 Å². The lowest BCUT2D eigenvalue weighted by Crippen LogP contribution is -2.27. The van der Waals surface area contributed by atoms with Crippen LogP contribution in [-0.2, 0) is 14.3 Å². The minimum atomic E-state index is -0.594. The van der Waals surface area contributed by atoms with Crippen LogP contribution in [0.3, 0.4) is 0 Å². The first-order chi connectivity index (χ1) is 15.2. The van der Waals surface area contributed by atoms with Gasteiger partial charge in [-0.3, -0.25) is 9.69 Å². The number of benzene rings is 2. The smallest absolute Gasteiger partial charge is 0.344 e. The van der Waals surface area contributed by atoms with Crippen LogP contribution in [0.2, 0.25) is 10.0 Å². The van der Waals surface area contributed by atoms with E-state index in [1.807, 2.05) is 0 Å². The fraction of sp³-hybridized carbons (Fsp3) is 0.190. The van der Waals surface area contributed by atoms with Crippen molar-refractivity contribution in [1.82, 2.24) is 0 Å². The molecule has 1 heterocycles. The van der Waals surface area contributed by atoms with Crippen molar-refractivity contribution in [3.63, 3.8) is 0 Å². The van der Waals surface area contributed by atoms with Crippen LogP contribution in [0.1, 0.15) is 12.5 Å². The lowest BCUT2D eigenvalue weighted by atomic mass is 10.1. The number of rotatable bonds is 7. The molecule has 0 aromatic heterocycles. The van der Waals surface area contributed by atoms with Gasteiger partial charge in [-0.05, 0) is 48.9 Å². The van der Waals surface area contributed by atoms with E-state index in [9.17, 15) is 14.0 Å². The minimum absolute atomic E-state index is 0.115. The topological polar surface area (TPSA) is 65.1 Å². The first-order valence-corrected chi connectivity index (χ1v) is 11.1. The summed E-state index contributed by atoms with van der Waals surface area (Å²) in [5.74, 6) is -1.08. The Morgan fingerprint density at radius 2 is 2.00 bits per heavy atom. The second-order valence-electron chi connectivity index (χ2n) is 6.24. The fourth-order valence-electron chi connectivity index (χ4n) is 2.76. The maximum Gasteiger partial charge on any atom is 0.344 e. The molecule has 0 unspecified atom stereocenters. The molecule has 2 aromatic rings. The molecule has 1 aliphatic heterocycles. The molecule has 0 aliphatic carbocycles. The van der Waals surface area contributed by atoms with Crippen LogP contribution in [0.4, 0.5) is 10.1 Å². The largest absolute Gasteiger partial charge is 0.493 e. The van der Waals surface area contributed by atoms with Crippen LogP contribution in [0.25, 0.3) is 6.08 Å². The summed E-state index contributed by atoms with van der Waals surface area (Å²) in [4.78, 5) is 26.1. The van der Waals surface area contributed by atoms with Crippen molar-refractivity contribution >= 4 is 75.1 Å². The zero-order valence-electron chi connectivity index (χ0n) is 16.8. The van der Waals surface area contributed by atoms with Crippen molar-refractivity contribution in [2.45, 2.75) is 6.92 Å². The highest BCUT2D eigenvalue weighted by atomic mass is 35.5. The van der Waals surface area contributed by atoms with Gasteiger partial charge in [0.2, 0.25) is 0 Å². The number of thiocarbonyl (C=S) groups is 1. The molecule has 0 bridgehead atoms. The highest BCUT2D eigenvalue weighted by molar-refractivity contribution is 8.27. The molecule has 11 heteroatoms. The number of anilines is 1. The molecule has 1 saturated heterocycles. The average Bonchev–Trinajstić information content (AvgIpc) is 3.02. The molecule has 2 aromatic carbocycles. The Balaban J connectivity index is 1.87. The van der Waals surface area contributed by atoms with E-state index in [-0.39, 0.29) is 45.0 Å². The molecule has 168 valence electrons. The highest BCUT2D eigenvalue weighted by Gasteiger charge is 2.33. The van der Waals surface area contributed by atoms with Gasteiger partial charge in [0.15, 0.2) is 22.4 Å². The Morgan fingerprint density at radius 3 is 2.66 bits per heavy atom. The number of methoxy groups -OCH3 is 1. The Labute approximate surface area is 203 Å². The molecule has 0 saturated carbocycles. The number of hydrogen-bond acceptors (Lipinski definition) is 7. The quantitative estimate of drug-likeness (QED) is 0.274. The van der Waals surface area contributed by atoms with Gasteiger partial charge in [0, 0.05) is 0 Å². The Bertz CT molecular complexity index is 1130. The Morgan fingerprint density at radius 1 is 1.25 bits per heavy atom. The van der Waals surface area contributed by atoms with Crippen LogP contribution in [-0.4, -0.2) is 36.5 Å². The predicted octanol–water partition coefficient (Wildman–Crippen LogP) is 5.49. The van der Waals surface area contributed by atoms with Gasteiger partial charge < -0.3 is 14.2 Å². The first-order valence-electron chi connectivity index (χ1n) is 9.14. The summed E-state index contributed by atoms with van der Waals surface area (Å²) < 4.78 is 29.3. The van der Waals surface area contributed by atoms with Crippen molar-refractivity contribution < 1.29 is 28.2 Å². The van der Waals surface area contributed by atoms with E-state index in [2.05, 4.69) is 0 Å². The van der Waals surface area contributed by atoms with E-state index in [1.54, 1.807) is 25.1 Å². The van der Waals surface area contributed by atoms with Gasteiger partial charge in [0.05, 0.1) is 34.4 Å². The van der Waals surface area contributed by atoms with Gasteiger partial charge in [-0.15, -0.1) is 0 Å². The van der Waals surface area contributed by atoms with E-state index >= 15 is 0 Å². The van der Waals surface area contributed by atoms with E-state index in [4.69, 9.17) is 49.6 Å². The Hall–Kier alpha value is -2.33. The minimum Gasteiger partial charge on any atom is -0.493 e. The summed E-state index contributed by atoms with van der Waals surface area (Å²) in [6, 6.07) is 7.09. The van der Waals surface area contributed by atoms with Gasteiger partial charge in [-0.2, -0.15) is 0 Å². The van der Waals surface area contributed by atoms with Crippen LogP contribution < -0.4 is 14.4 Å². The lowest BCUT2D eigenvalue weighted by Gasteiger charge is -2.15. The van der Waals surface area contributed by atoms with Gasteiger partial charge in [0.25, 0.3) is 5.91 Å². The first kappa shape index (κ1) is 24.3. The van der Waals surface area contributed by atoms with E-state index in [0.29, 0.717) is 16.2 Å². The second-order valence-corrected chi connectivity index (χ2v) is 8.73. The SMILES string of the molecule is CCOC(=O)COc1c(Cl)cc(/C=C2\SC(=S)N(c3ccc(F)c(Cl)c3)C2=O)cc1OC. The van der Waals surface area contributed by atoms with Crippen molar-refractivity contribution in [2.75, 3.05) is 25.2 Å². The van der Waals surface area contributed by atoms with Crippen LogP contribution in [0.15, 0.2) is 35.2 Å². The number of halogens is 3. The standard InChI is InChI=1S/C21H16Cl2FNO5S2/c1-3-29-18(26)10-30-19-14(23)6-11(7-16(19)28-2)8-17-20(27)25(21(31)32-17)12-4-5-15(24)13(22)9-12/h4-9H,3,10H2,1-2H3/b17-8-. The molecular weight excluding hydrogens is 500 g/mol. The molecule has 0 radical (unpaired) electrons. The molecule has 1 amide bonds. The summed E-state index contributed by atoms with van der Waals surface area (Å²) >= 11 is 18.6. The molecular formula is C21H16Cl2FNO5S2. The van der Waals surface area contributed by atoms with Crippen LogP contribution >= 0.6 is 47.2 Å². The summed E-state index contributed by atoms with van der Waals surface area (Å²) in [5.41, 5.74) is 0.911. The highest BCUT2D eigenvalue weighted by Crippen LogP contribution is 2.40. The molecule has 0 atom stereocenters. The number of esters is 1. The lowest BCUT2D eigenvalue weighted by molar-refractivity contribution is -0.145. The normalized spacial score (nSPS) is 14.8. The summed E-state index contributed by atoms with van der Waals surface area (Å²) in [5, 5.41) is 0.0659. The molecule has 6 nitrogen and oxygen atoms in total. The number of nitrogens with zero attached hydrogens (tertiary/aromatic N) is 1. The van der Waals surface area contributed by atoms with Crippen molar-refractivity contribution in [1.29, 1.82) is 0 Å². The van der Waals surface area contributed by atoms with Crippen molar-refractivity contribution in [2.24, 2.45) is 0 Å². The van der Waals surface area contributed by atoms with E-state index in [0.717, 1.165) is 11.8 Å². The number of hydrogen-bond donors (Lipinski definition) is 0. The summed E-state index contributed by atoms with van der Waals surface area (Å²) in [7, 11) is 1.42. The number of carbonyl (C=O) groups excluding carboxylic acids is 2. The van der Waals surface area contributed by atoms with E-state index in [1.165, 1.54) is 30.2 Å². The molecule has 1 fully saturated rings. The maximum absolute atomic E-state index is 13.5. The van der Waals surface area contributed by atoms with Crippen LogP contribution in [0, 0.1) is 5.82 Å². The van der Waals surface area contributed by atoms with Crippen molar-refractivity contribution in [3.05, 3.63) is 56.7 Å². The zero-order valence-corrected chi connectivity index (χ0v) is 20.0. The third kappa shape index (κ3) is 5.35. The monoisotopic (exact) mass is 515 g/mol. The number of ether oxygens (including phenoxy) is 3. The number of amides is 1. The van der Waals surface area contributed by atoms with Gasteiger partial charge in [0.1, 0.15) is 5.82 Å².